The molecule has 0 bridgehead atoms. The predicted octanol–water partition coefficient (Wildman–Crippen LogP) is 3.38. The van der Waals surface area contributed by atoms with Crippen molar-refractivity contribution in [3.63, 3.8) is 0 Å². The summed E-state index contributed by atoms with van der Waals surface area (Å²) < 4.78 is 5.80. The molecule has 4 rings (SSSR count). The molecule has 2 fully saturated rings. The molecule has 1 aromatic rings. The van der Waals surface area contributed by atoms with Gasteiger partial charge in [0.05, 0.1) is 5.60 Å². The van der Waals surface area contributed by atoms with Gasteiger partial charge in [-0.25, -0.2) is 0 Å². The van der Waals surface area contributed by atoms with Gasteiger partial charge in [-0.2, -0.15) is 0 Å². The summed E-state index contributed by atoms with van der Waals surface area (Å²) in [5.41, 5.74) is 2.50. The second kappa shape index (κ2) is 7.88. The molecule has 0 aromatic heterocycles. The van der Waals surface area contributed by atoms with Crippen molar-refractivity contribution >= 4 is 17.6 Å². The van der Waals surface area contributed by atoms with Gasteiger partial charge in [-0.3, -0.25) is 9.79 Å². The zero-order valence-corrected chi connectivity index (χ0v) is 19.1. The molecule has 1 aromatic carbocycles. The number of carbonyl (C=O) groups excluding carboxylic acids is 1. The number of hydrogen-bond acceptors (Lipinski definition) is 3. The minimum absolute atomic E-state index is 0.0203. The van der Waals surface area contributed by atoms with Crippen molar-refractivity contribution in [2.45, 2.75) is 64.0 Å². The first-order valence-corrected chi connectivity index (χ1v) is 11.2. The predicted molar refractivity (Wildman–Crippen MR) is 121 cm³/mol. The van der Waals surface area contributed by atoms with Gasteiger partial charge in [0.2, 0.25) is 5.91 Å². The Balaban J connectivity index is 1.47. The third kappa shape index (κ3) is 3.39. The number of nitrogens with one attached hydrogen (secondary N) is 1. The molecule has 2 aliphatic heterocycles. The Hall–Kier alpha value is -2.08. The van der Waals surface area contributed by atoms with Crippen molar-refractivity contribution in [3.05, 3.63) is 29.8 Å². The normalized spacial score (nSPS) is 30.4. The summed E-state index contributed by atoms with van der Waals surface area (Å²) in [6.45, 7) is 9.37. The molecule has 3 aliphatic rings. The number of ether oxygens (including phenoxy) is 1. The number of likely N-dealkylation sites (tertiary alicyclic amines) is 1. The van der Waals surface area contributed by atoms with Gasteiger partial charge < -0.3 is 19.9 Å². The van der Waals surface area contributed by atoms with E-state index in [-0.39, 0.29) is 11.0 Å². The number of rotatable bonds is 5. The van der Waals surface area contributed by atoms with E-state index in [4.69, 9.17) is 4.74 Å². The fourth-order valence-electron chi connectivity index (χ4n) is 5.34. The summed E-state index contributed by atoms with van der Waals surface area (Å²) in [6.07, 6.45) is 3.67. The Kier molecular flexibility index (Phi) is 5.56. The quantitative estimate of drug-likeness (QED) is 0.595. The molecule has 6 heteroatoms. The standard InChI is InChI=1S/C24H36N4O2/c1-23(2)20(15-24(23,3)30-5)26-22(25-4)28-16-17(18-9-6-7-10-19(18)28)12-14-27-13-8-11-21(27)29/h6-7,9-10,17,20H,8,11-16H2,1-5H3,(H,25,26). The summed E-state index contributed by atoms with van der Waals surface area (Å²) in [5, 5.41) is 3.72. The molecule has 2 heterocycles. The van der Waals surface area contributed by atoms with Crippen LogP contribution in [0.5, 0.6) is 0 Å². The highest BCUT2D eigenvalue weighted by molar-refractivity contribution is 5.98. The first-order chi connectivity index (χ1) is 14.3. The maximum atomic E-state index is 12.0. The van der Waals surface area contributed by atoms with Crippen LogP contribution in [0.1, 0.15) is 57.9 Å². The minimum Gasteiger partial charge on any atom is -0.378 e. The number of fused-ring (bicyclic) bond motifs is 1. The number of methoxy groups -OCH3 is 1. The fourth-order valence-corrected chi connectivity index (χ4v) is 5.34. The lowest BCUT2D eigenvalue weighted by Gasteiger charge is -2.59. The van der Waals surface area contributed by atoms with E-state index in [1.54, 1.807) is 7.11 Å². The van der Waals surface area contributed by atoms with Gasteiger partial charge in [0.25, 0.3) is 0 Å². The van der Waals surface area contributed by atoms with Crippen LogP contribution in [0.2, 0.25) is 0 Å². The van der Waals surface area contributed by atoms with Crippen LogP contribution in [0.15, 0.2) is 29.3 Å². The number of para-hydroxylation sites is 1. The van der Waals surface area contributed by atoms with E-state index in [0.717, 1.165) is 44.9 Å². The number of carbonyl (C=O) groups is 1. The van der Waals surface area contributed by atoms with Crippen molar-refractivity contribution < 1.29 is 9.53 Å². The van der Waals surface area contributed by atoms with Crippen LogP contribution < -0.4 is 10.2 Å². The van der Waals surface area contributed by atoms with Crippen LogP contribution >= 0.6 is 0 Å². The first-order valence-electron chi connectivity index (χ1n) is 11.2. The smallest absolute Gasteiger partial charge is 0.222 e. The van der Waals surface area contributed by atoms with Gasteiger partial charge in [0.15, 0.2) is 5.96 Å². The Bertz CT molecular complexity index is 836. The van der Waals surface area contributed by atoms with Crippen LogP contribution in [-0.4, -0.2) is 62.2 Å². The Morgan fingerprint density at radius 1 is 1.30 bits per heavy atom. The highest BCUT2D eigenvalue weighted by atomic mass is 16.5. The summed E-state index contributed by atoms with van der Waals surface area (Å²) in [5.74, 6) is 1.65. The van der Waals surface area contributed by atoms with Crippen LogP contribution in [0, 0.1) is 5.41 Å². The van der Waals surface area contributed by atoms with Crippen molar-refractivity contribution in [3.8, 4) is 0 Å². The minimum atomic E-state index is -0.114. The van der Waals surface area contributed by atoms with Crippen molar-refractivity contribution in [1.82, 2.24) is 10.2 Å². The summed E-state index contributed by atoms with van der Waals surface area (Å²) >= 11 is 0. The Morgan fingerprint density at radius 2 is 2.07 bits per heavy atom. The third-order valence-corrected chi connectivity index (χ3v) is 8.04. The second-order valence-electron chi connectivity index (χ2n) is 9.74. The maximum absolute atomic E-state index is 12.0. The maximum Gasteiger partial charge on any atom is 0.222 e. The number of anilines is 1. The lowest BCUT2D eigenvalue weighted by Crippen LogP contribution is -2.69. The van der Waals surface area contributed by atoms with Crippen LogP contribution in [0.25, 0.3) is 0 Å². The summed E-state index contributed by atoms with van der Waals surface area (Å²) in [4.78, 5) is 21.0. The molecular formula is C24H36N4O2. The number of nitrogens with zero attached hydrogens (tertiary/aromatic N) is 3. The van der Waals surface area contributed by atoms with Gasteiger partial charge in [0.1, 0.15) is 0 Å². The molecule has 1 N–H and O–H groups in total. The van der Waals surface area contributed by atoms with E-state index in [9.17, 15) is 4.79 Å². The molecule has 30 heavy (non-hydrogen) atoms. The van der Waals surface area contributed by atoms with Gasteiger partial charge in [-0.05, 0) is 37.8 Å². The second-order valence-corrected chi connectivity index (χ2v) is 9.74. The molecule has 3 unspecified atom stereocenters. The first kappa shape index (κ1) is 21.2. The molecule has 0 spiro atoms. The lowest BCUT2D eigenvalue weighted by molar-refractivity contribution is -0.176. The molecule has 3 atom stereocenters. The van der Waals surface area contributed by atoms with E-state index in [1.165, 1.54) is 11.3 Å². The molecule has 164 valence electrons. The average Bonchev–Trinajstić information content (AvgIpc) is 3.32. The van der Waals surface area contributed by atoms with E-state index < -0.39 is 0 Å². The molecular weight excluding hydrogens is 376 g/mol. The Labute approximate surface area is 180 Å². The lowest BCUT2D eigenvalue weighted by atomic mass is 9.56. The molecule has 0 radical (unpaired) electrons. The van der Waals surface area contributed by atoms with Crippen LogP contribution in [0.4, 0.5) is 5.69 Å². The van der Waals surface area contributed by atoms with Crippen molar-refractivity contribution in [1.29, 1.82) is 0 Å². The molecule has 1 saturated carbocycles. The van der Waals surface area contributed by atoms with Crippen LogP contribution in [0.3, 0.4) is 0 Å². The van der Waals surface area contributed by atoms with E-state index >= 15 is 0 Å². The summed E-state index contributed by atoms with van der Waals surface area (Å²) in [6, 6.07) is 8.95. The third-order valence-electron chi connectivity index (χ3n) is 8.04. The van der Waals surface area contributed by atoms with Gasteiger partial charge in [0, 0.05) is 63.3 Å². The zero-order chi connectivity index (χ0) is 21.5. The average molecular weight is 413 g/mol. The monoisotopic (exact) mass is 412 g/mol. The zero-order valence-electron chi connectivity index (χ0n) is 19.1. The highest BCUT2D eigenvalue weighted by Crippen LogP contribution is 2.51. The number of benzene rings is 1. The van der Waals surface area contributed by atoms with E-state index in [2.05, 4.69) is 60.2 Å². The fraction of sp³-hybridized carbons (Fsp3) is 0.667. The molecule has 1 amide bonds. The largest absolute Gasteiger partial charge is 0.378 e. The number of hydrogen-bond donors (Lipinski definition) is 1. The van der Waals surface area contributed by atoms with Crippen LogP contribution in [-0.2, 0) is 9.53 Å². The Morgan fingerprint density at radius 3 is 2.70 bits per heavy atom. The number of guanidine groups is 1. The van der Waals surface area contributed by atoms with Gasteiger partial charge >= 0.3 is 0 Å². The molecule has 1 aliphatic carbocycles. The van der Waals surface area contributed by atoms with E-state index in [0.29, 0.717) is 24.3 Å². The molecule has 1 saturated heterocycles. The van der Waals surface area contributed by atoms with Gasteiger partial charge in [-0.15, -0.1) is 0 Å². The highest BCUT2D eigenvalue weighted by Gasteiger charge is 2.58. The summed E-state index contributed by atoms with van der Waals surface area (Å²) in [7, 11) is 3.67. The van der Waals surface area contributed by atoms with Gasteiger partial charge in [-0.1, -0.05) is 32.0 Å². The topological polar surface area (TPSA) is 57.2 Å². The number of amides is 1. The van der Waals surface area contributed by atoms with Crippen molar-refractivity contribution in [2.75, 3.05) is 38.7 Å². The SMILES string of the molecule is CN=C(NC1CC(C)(OC)C1(C)C)N1CC(CCN2CCCC2=O)c2ccccc21. The van der Waals surface area contributed by atoms with E-state index in [1.807, 2.05) is 11.9 Å². The molecule has 6 nitrogen and oxygen atoms in total. The number of aliphatic imine (C=N–C) groups is 1. The van der Waals surface area contributed by atoms with Crippen molar-refractivity contribution in [2.24, 2.45) is 10.4 Å².